The number of anilines is 1. The van der Waals surface area contributed by atoms with Crippen LogP contribution in [0, 0.1) is 10.5 Å². The molecule has 0 aliphatic carbocycles. The van der Waals surface area contributed by atoms with Crippen LogP contribution in [-0.4, -0.2) is 13.0 Å². The van der Waals surface area contributed by atoms with Gasteiger partial charge >= 0.3 is 0 Å². The molecule has 1 N–H and O–H groups in total. The summed E-state index contributed by atoms with van der Waals surface area (Å²) in [6.07, 6.45) is 3.24. The van der Waals surface area contributed by atoms with Crippen molar-refractivity contribution in [2.75, 3.05) is 12.4 Å². The van der Waals surface area contributed by atoms with Crippen LogP contribution < -0.4 is 14.8 Å². The molecule has 0 unspecified atom stereocenters. The fraction of sp³-hybridized carbons (Fsp3) is 0.125. The van der Waals surface area contributed by atoms with Crippen molar-refractivity contribution in [3.05, 3.63) is 91.5 Å². The van der Waals surface area contributed by atoms with E-state index in [0.717, 1.165) is 30.4 Å². The Morgan fingerprint density at radius 3 is 2.60 bits per heavy atom. The topological polar surface area (TPSA) is 47.6 Å². The van der Waals surface area contributed by atoms with Crippen LogP contribution in [0.5, 0.6) is 11.5 Å². The van der Waals surface area contributed by atoms with E-state index < -0.39 is 0 Å². The van der Waals surface area contributed by atoms with Crippen molar-refractivity contribution in [1.82, 2.24) is 0 Å². The molecule has 4 nitrogen and oxygen atoms in total. The zero-order chi connectivity index (χ0) is 21.5. The highest BCUT2D eigenvalue weighted by Crippen LogP contribution is 2.37. The number of hydrogen-bond donors (Lipinski definition) is 1. The summed E-state index contributed by atoms with van der Waals surface area (Å²) < 4.78 is 13.3. The molecule has 0 radical (unpaired) electrons. The van der Waals surface area contributed by atoms with E-state index >= 15 is 0 Å². The Hall–Kier alpha value is -2.32. The standard InChI is InChI=1S/C24H21BrINO3/c1-16-12-19(26)9-10-21(16)27-23(28)11-8-18-13-20(25)24(22(14-18)29-2)30-15-17-6-4-3-5-7-17/h3-14H,15H2,1-2H3,(H,27,28). The Balaban J connectivity index is 1.71. The second-order valence-electron chi connectivity index (χ2n) is 6.59. The van der Waals surface area contributed by atoms with Crippen LogP contribution in [0.1, 0.15) is 16.7 Å². The van der Waals surface area contributed by atoms with E-state index in [1.54, 1.807) is 13.2 Å². The van der Waals surface area contributed by atoms with Crippen molar-refractivity contribution in [3.8, 4) is 11.5 Å². The van der Waals surface area contributed by atoms with Gasteiger partial charge in [-0.05, 0) is 98.5 Å². The highest BCUT2D eigenvalue weighted by atomic mass is 127. The Kier molecular flexibility index (Phi) is 7.93. The van der Waals surface area contributed by atoms with Crippen LogP contribution in [-0.2, 0) is 11.4 Å². The monoisotopic (exact) mass is 577 g/mol. The van der Waals surface area contributed by atoms with Gasteiger partial charge in [0.25, 0.3) is 0 Å². The molecule has 3 aromatic rings. The summed E-state index contributed by atoms with van der Waals surface area (Å²) in [4.78, 5) is 12.3. The van der Waals surface area contributed by atoms with Crippen LogP contribution in [0.2, 0.25) is 0 Å². The van der Waals surface area contributed by atoms with Crippen LogP contribution in [0.4, 0.5) is 5.69 Å². The molecule has 3 rings (SSSR count). The third-order valence-corrected chi connectivity index (χ3v) is 5.61. The second-order valence-corrected chi connectivity index (χ2v) is 8.69. The lowest BCUT2D eigenvalue weighted by Gasteiger charge is -2.13. The van der Waals surface area contributed by atoms with Gasteiger partial charge in [-0.2, -0.15) is 0 Å². The van der Waals surface area contributed by atoms with Crippen LogP contribution in [0.3, 0.4) is 0 Å². The van der Waals surface area contributed by atoms with Crippen LogP contribution in [0.25, 0.3) is 6.08 Å². The number of carbonyl (C=O) groups excluding carboxylic acids is 1. The van der Waals surface area contributed by atoms with Crippen LogP contribution >= 0.6 is 38.5 Å². The van der Waals surface area contributed by atoms with E-state index in [0.29, 0.717) is 18.1 Å². The molecule has 1 amide bonds. The third kappa shape index (κ3) is 6.09. The summed E-state index contributed by atoms with van der Waals surface area (Å²) in [5.74, 6) is 1.02. The summed E-state index contributed by atoms with van der Waals surface area (Å²) in [5, 5.41) is 2.90. The van der Waals surface area contributed by atoms with Gasteiger partial charge in [0.1, 0.15) is 6.61 Å². The lowest BCUT2D eigenvalue weighted by molar-refractivity contribution is -0.111. The number of ether oxygens (including phenoxy) is 2. The maximum absolute atomic E-state index is 12.3. The Bertz CT molecular complexity index is 1070. The number of aryl methyl sites for hydroxylation is 1. The number of methoxy groups -OCH3 is 1. The molecule has 0 atom stereocenters. The van der Waals surface area contributed by atoms with Gasteiger partial charge in [0, 0.05) is 15.3 Å². The zero-order valence-electron chi connectivity index (χ0n) is 16.6. The van der Waals surface area contributed by atoms with E-state index in [-0.39, 0.29) is 5.91 Å². The van der Waals surface area contributed by atoms with Gasteiger partial charge in [0.2, 0.25) is 5.91 Å². The molecular formula is C24H21BrINO3. The Labute approximate surface area is 198 Å². The minimum atomic E-state index is -0.196. The maximum Gasteiger partial charge on any atom is 0.248 e. The molecule has 0 fully saturated rings. The van der Waals surface area contributed by atoms with Crippen molar-refractivity contribution in [3.63, 3.8) is 0 Å². The quantitative estimate of drug-likeness (QED) is 0.254. The summed E-state index contributed by atoms with van der Waals surface area (Å²) in [6, 6.07) is 19.5. The Morgan fingerprint density at radius 1 is 1.13 bits per heavy atom. The first-order valence-corrected chi connectivity index (χ1v) is 11.1. The molecule has 3 aromatic carbocycles. The zero-order valence-corrected chi connectivity index (χ0v) is 20.4. The van der Waals surface area contributed by atoms with E-state index in [1.807, 2.05) is 67.6 Å². The summed E-state index contributed by atoms with van der Waals surface area (Å²) in [5.41, 5.74) is 3.71. The fourth-order valence-corrected chi connectivity index (χ4v) is 4.04. The summed E-state index contributed by atoms with van der Waals surface area (Å²) >= 11 is 5.80. The van der Waals surface area contributed by atoms with E-state index in [2.05, 4.69) is 43.8 Å². The largest absolute Gasteiger partial charge is 0.493 e. The number of nitrogens with one attached hydrogen (secondary N) is 1. The maximum atomic E-state index is 12.3. The lowest BCUT2D eigenvalue weighted by atomic mass is 10.1. The normalized spacial score (nSPS) is 10.8. The van der Waals surface area contributed by atoms with Crippen molar-refractivity contribution < 1.29 is 14.3 Å². The number of halogens is 2. The molecule has 154 valence electrons. The molecule has 0 heterocycles. The summed E-state index contributed by atoms with van der Waals surface area (Å²) in [6.45, 7) is 2.40. The average molecular weight is 578 g/mol. The van der Waals surface area contributed by atoms with Crippen molar-refractivity contribution in [2.24, 2.45) is 0 Å². The first-order chi connectivity index (χ1) is 14.5. The van der Waals surface area contributed by atoms with Crippen molar-refractivity contribution in [2.45, 2.75) is 13.5 Å². The SMILES string of the molecule is COc1cc(C=CC(=O)Nc2ccc(I)cc2C)cc(Br)c1OCc1ccccc1. The molecule has 0 aliphatic rings. The molecule has 0 aliphatic heterocycles. The molecule has 0 bridgehead atoms. The highest BCUT2D eigenvalue weighted by molar-refractivity contribution is 14.1. The first kappa shape index (κ1) is 22.4. The highest BCUT2D eigenvalue weighted by Gasteiger charge is 2.11. The van der Waals surface area contributed by atoms with Gasteiger partial charge in [-0.3, -0.25) is 4.79 Å². The van der Waals surface area contributed by atoms with Gasteiger partial charge in [-0.25, -0.2) is 0 Å². The predicted octanol–water partition coefficient (Wildman–Crippen LogP) is 6.60. The van der Waals surface area contributed by atoms with E-state index in [9.17, 15) is 4.79 Å². The first-order valence-electron chi connectivity index (χ1n) is 9.25. The van der Waals surface area contributed by atoms with Crippen molar-refractivity contribution in [1.29, 1.82) is 0 Å². The third-order valence-electron chi connectivity index (χ3n) is 4.35. The van der Waals surface area contributed by atoms with Gasteiger partial charge in [-0.15, -0.1) is 0 Å². The number of amides is 1. The molecule has 0 saturated heterocycles. The molecule has 6 heteroatoms. The second kappa shape index (κ2) is 10.6. The number of benzene rings is 3. The fourth-order valence-electron chi connectivity index (χ4n) is 2.82. The molecule has 0 saturated carbocycles. The molecule has 0 aromatic heterocycles. The van der Waals surface area contributed by atoms with E-state index in [1.165, 1.54) is 6.08 Å². The average Bonchev–Trinajstić information content (AvgIpc) is 2.74. The number of carbonyl (C=O) groups is 1. The minimum Gasteiger partial charge on any atom is -0.493 e. The molecule has 30 heavy (non-hydrogen) atoms. The van der Waals surface area contributed by atoms with Gasteiger partial charge in [0.05, 0.1) is 11.6 Å². The molecule has 0 spiro atoms. The van der Waals surface area contributed by atoms with E-state index in [4.69, 9.17) is 9.47 Å². The predicted molar refractivity (Wildman–Crippen MR) is 133 cm³/mol. The van der Waals surface area contributed by atoms with Gasteiger partial charge in [-0.1, -0.05) is 30.3 Å². The van der Waals surface area contributed by atoms with Gasteiger partial charge < -0.3 is 14.8 Å². The number of rotatable bonds is 7. The number of hydrogen-bond acceptors (Lipinski definition) is 3. The van der Waals surface area contributed by atoms with Crippen LogP contribution in [0.15, 0.2) is 71.2 Å². The van der Waals surface area contributed by atoms with Crippen molar-refractivity contribution >= 4 is 56.2 Å². The summed E-state index contributed by atoms with van der Waals surface area (Å²) in [7, 11) is 1.59. The Morgan fingerprint density at radius 2 is 1.90 bits per heavy atom. The smallest absolute Gasteiger partial charge is 0.248 e. The minimum absolute atomic E-state index is 0.196. The molecular weight excluding hydrogens is 557 g/mol. The van der Waals surface area contributed by atoms with Gasteiger partial charge in [0.15, 0.2) is 11.5 Å². The lowest BCUT2D eigenvalue weighted by Crippen LogP contribution is -2.09.